The molecule has 2 aromatic rings. The lowest BCUT2D eigenvalue weighted by molar-refractivity contribution is 0.356. The average molecular weight is 271 g/mol. The number of nitrogens with one attached hydrogen (secondary N) is 2. The number of fused-ring (bicyclic) bond motifs is 1. The summed E-state index contributed by atoms with van der Waals surface area (Å²) in [6.07, 6.45) is 4.88. The number of aryl methyl sites for hydroxylation is 2. The van der Waals surface area contributed by atoms with Crippen LogP contribution in [0, 0.1) is 12.8 Å². The van der Waals surface area contributed by atoms with Gasteiger partial charge in [-0.3, -0.25) is 0 Å². The van der Waals surface area contributed by atoms with E-state index in [9.17, 15) is 0 Å². The molecule has 0 spiro atoms. The predicted octanol–water partition coefficient (Wildman–Crippen LogP) is 2.58. The lowest BCUT2D eigenvalue weighted by Crippen LogP contribution is -2.33. The van der Waals surface area contributed by atoms with Crippen molar-refractivity contribution in [3.8, 4) is 0 Å². The van der Waals surface area contributed by atoms with Gasteiger partial charge >= 0.3 is 0 Å². The van der Waals surface area contributed by atoms with Crippen LogP contribution in [0.15, 0.2) is 24.4 Å². The van der Waals surface area contributed by atoms with E-state index in [0.29, 0.717) is 0 Å². The Morgan fingerprint density at radius 2 is 2.10 bits per heavy atom. The SMILES string of the molecule is Cc1ccc2c(CNCC3CCNCC3)cn(C)c2c1. The van der Waals surface area contributed by atoms with Crippen LogP contribution in [-0.4, -0.2) is 24.2 Å². The van der Waals surface area contributed by atoms with Crippen LogP contribution in [0.25, 0.3) is 10.9 Å². The van der Waals surface area contributed by atoms with Crippen molar-refractivity contribution in [2.24, 2.45) is 13.0 Å². The number of rotatable bonds is 4. The highest BCUT2D eigenvalue weighted by molar-refractivity contribution is 5.84. The lowest BCUT2D eigenvalue weighted by atomic mass is 9.98. The second kappa shape index (κ2) is 5.98. The Balaban J connectivity index is 1.65. The minimum atomic E-state index is 0.841. The minimum Gasteiger partial charge on any atom is -0.350 e. The Labute approximate surface area is 121 Å². The van der Waals surface area contributed by atoms with E-state index in [4.69, 9.17) is 0 Å². The van der Waals surface area contributed by atoms with E-state index in [-0.39, 0.29) is 0 Å². The van der Waals surface area contributed by atoms with Gasteiger partial charge in [0.15, 0.2) is 0 Å². The molecule has 1 aromatic heterocycles. The van der Waals surface area contributed by atoms with Gasteiger partial charge in [0.25, 0.3) is 0 Å². The molecule has 0 unspecified atom stereocenters. The first-order chi connectivity index (χ1) is 9.74. The molecule has 3 nitrogen and oxygen atoms in total. The second-order valence-corrected chi connectivity index (χ2v) is 6.11. The predicted molar refractivity (Wildman–Crippen MR) is 85.0 cm³/mol. The Hall–Kier alpha value is -1.32. The van der Waals surface area contributed by atoms with Crippen molar-refractivity contribution in [3.05, 3.63) is 35.5 Å². The Morgan fingerprint density at radius 3 is 2.90 bits per heavy atom. The minimum absolute atomic E-state index is 0.841. The maximum atomic E-state index is 3.65. The van der Waals surface area contributed by atoms with Crippen LogP contribution in [0.1, 0.15) is 24.0 Å². The molecule has 1 aliphatic rings. The van der Waals surface area contributed by atoms with Crippen LogP contribution in [0.5, 0.6) is 0 Å². The van der Waals surface area contributed by atoms with Gasteiger partial charge in [-0.15, -0.1) is 0 Å². The van der Waals surface area contributed by atoms with Gasteiger partial charge < -0.3 is 15.2 Å². The number of nitrogens with zero attached hydrogens (tertiary/aromatic N) is 1. The Kier molecular flexibility index (Phi) is 4.08. The molecule has 3 rings (SSSR count). The van der Waals surface area contributed by atoms with Crippen molar-refractivity contribution in [1.82, 2.24) is 15.2 Å². The average Bonchev–Trinajstić information content (AvgIpc) is 2.76. The van der Waals surface area contributed by atoms with Gasteiger partial charge in [-0.25, -0.2) is 0 Å². The molecular formula is C17H25N3. The molecule has 2 N–H and O–H groups in total. The molecule has 0 amide bonds. The Morgan fingerprint density at radius 1 is 1.30 bits per heavy atom. The van der Waals surface area contributed by atoms with E-state index in [2.05, 4.69) is 53.6 Å². The summed E-state index contributed by atoms with van der Waals surface area (Å²) in [4.78, 5) is 0. The topological polar surface area (TPSA) is 29.0 Å². The van der Waals surface area contributed by atoms with Gasteiger partial charge in [0.1, 0.15) is 0 Å². The smallest absolute Gasteiger partial charge is 0.0483 e. The molecule has 108 valence electrons. The zero-order chi connectivity index (χ0) is 13.9. The first kappa shape index (κ1) is 13.7. The third-order valence-electron chi connectivity index (χ3n) is 4.44. The summed E-state index contributed by atoms with van der Waals surface area (Å²) < 4.78 is 2.24. The highest BCUT2D eigenvalue weighted by atomic mass is 14.9. The van der Waals surface area contributed by atoms with Crippen molar-refractivity contribution >= 4 is 10.9 Å². The monoisotopic (exact) mass is 271 g/mol. The molecule has 0 saturated carbocycles. The number of hydrogen-bond acceptors (Lipinski definition) is 2. The van der Waals surface area contributed by atoms with Crippen molar-refractivity contribution < 1.29 is 0 Å². The molecule has 0 aliphatic carbocycles. The van der Waals surface area contributed by atoms with Crippen LogP contribution in [0.3, 0.4) is 0 Å². The number of aromatic nitrogens is 1. The summed E-state index contributed by atoms with van der Waals surface area (Å²) in [7, 11) is 2.14. The standard InChI is InChI=1S/C17H25N3/c1-13-3-4-16-15(12-20(2)17(16)9-13)11-19-10-14-5-7-18-8-6-14/h3-4,9,12,14,18-19H,5-8,10-11H2,1-2H3. The van der Waals surface area contributed by atoms with Crippen LogP contribution < -0.4 is 10.6 Å². The van der Waals surface area contributed by atoms with Crippen LogP contribution in [-0.2, 0) is 13.6 Å². The molecule has 1 aromatic carbocycles. The zero-order valence-corrected chi connectivity index (χ0v) is 12.6. The molecule has 0 bridgehead atoms. The zero-order valence-electron chi connectivity index (χ0n) is 12.6. The molecule has 1 saturated heterocycles. The lowest BCUT2D eigenvalue weighted by Gasteiger charge is -2.22. The molecule has 0 radical (unpaired) electrons. The van der Waals surface area contributed by atoms with E-state index in [0.717, 1.165) is 19.0 Å². The molecule has 0 atom stereocenters. The van der Waals surface area contributed by atoms with Crippen LogP contribution >= 0.6 is 0 Å². The normalized spacial score (nSPS) is 16.9. The highest BCUT2D eigenvalue weighted by Gasteiger charge is 2.13. The molecule has 3 heteroatoms. The summed E-state index contributed by atoms with van der Waals surface area (Å²) in [6.45, 7) is 6.63. The summed E-state index contributed by atoms with van der Waals surface area (Å²) in [5, 5.41) is 8.46. The summed E-state index contributed by atoms with van der Waals surface area (Å²) in [5.74, 6) is 0.841. The summed E-state index contributed by atoms with van der Waals surface area (Å²) >= 11 is 0. The highest BCUT2D eigenvalue weighted by Crippen LogP contribution is 2.22. The molecule has 2 heterocycles. The van der Waals surface area contributed by atoms with E-state index in [1.165, 1.54) is 48.0 Å². The molecule has 1 aliphatic heterocycles. The van der Waals surface area contributed by atoms with Gasteiger partial charge in [-0.2, -0.15) is 0 Å². The maximum absolute atomic E-state index is 3.65. The first-order valence-electron chi connectivity index (χ1n) is 7.70. The summed E-state index contributed by atoms with van der Waals surface area (Å²) in [5.41, 5.74) is 4.08. The van der Waals surface area contributed by atoms with Crippen LogP contribution in [0.4, 0.5) is 0 Å². The van der Waals surface area contributed by atoms with E-state index >= 15 is 0 Å². The maximum Gasteiger partial charge on any atom is 0.0483 e. The number of benzene rings is 1. The van der Waals surface area contributed by atoms with Crippen molar-refractivity contribution in [1.29, 1.82) is 0 Å². The quantitative estimate of drug-likeness (QED) is 0.895. The van der Waals surface area contributed by atoms with Gasteiger partial charge in [0.2, 0.25) is 0 Å². The number of hydrogen-bond donors (Lipinski definition) is 2. The van der Waals surface area contributed by atoms with Gasteiger partial charge in [-0.05, 0) is 62.5 Å². The van der Waals surface area contributed by atoms with Crippen molar-refractivity contribution in [2.45, 2.75) is 26.3 Å². The van der Waals surface area contributed by atoms with E-state index in [1.54, 1.807) is 0 Å². The third-order valence-corrected chi connectivity index (χ3v) is 4.44. The van der Waals surface area contributed by atoms with Gasteiger partial charge in [0.05, 0.1) is 0 Å². The molecular weight excluding hydrogens is 246 g/mol. The fourth-order valence-corrected chi connectivity index (χ4v) is 3.22. The molecule has 1 fully saturated rings. The first-order valence-corrected chi connectivity index (χ1v) is 7.70. The van der Waals surface area contributed by atoms with Crippen molar-refractivity contribution in [2.75, 3.05) is 19.6 Å². The largest absolute Gasteiger partial charge is 0.350 e. The summed E-state index contributed by atoms with van der Waals surface area (Å²) in [6, 6.07) is 6.73. The van der Waals surface area contributed by atoms with Gasteiger partial charge in [0, 0.05) is 30.7 Å². The fraction of sp³-hybridized carbons (Fsp3) is 0.529. The van der Waals surface area contributed by atoms with Crippen LogP contribution in [0.2, 0.25) is 0 Å². The van der Waals surface area contributed by atoms with E-state index in [1.807, 2.05) is 0 Å². The van der Waals surface area contributed by atoms with E-state index < -0.39 is 0 Å². The fourth-order valence-electron chi connectivity index (χ4n) is 3.22. The third kappa shape index (κ3) is 2.89. The van der Waals surface area contributed by atoms with Gasteiger partial charge in [-0.1, -0.05) is 12.1 Å². The number of piperidine rings is 1. The van der Waals surface area contributed by atoms with Crippen molar-refractivity contribution in [3.63, 3.8) is 0 Å². The Bertz CT molecular complexity index is 579. The molecule has 20 heavy (non-hydrogen) atoms. The second-order valence-electron chi connectivity index (χ2n) is 6.11.